The Hall–Kier alpha value is -0.260. The number of thioether (sulfide) groups is 1. The van der Waals surface area contributed by atoms with Crippen molar-refractivity contribution in [3.05, 3.63) is 0 Å². The van der Waals surface area contributed by atoms with Gasteiger partial charge in [0.2, 0.25) is 5.91 Å². The predicted octanol–water partition coefficient (Wildman–Crippen LogP) is 0.736. The van der Waals surface area contributed by atoms with Crippen LogP contribution in [0.2, 0.25) is 0 Å². The fraction of sp³-hybridized carbons (Fsp3) is 0.917. The van der Waals surface area contributed by atoms with Gasteiger partial charge in [0, 0.05) is 12.0 Å². The van der Waals surface area contributed by atoms with Crippen molar-refractivity contribution < 1.29 is 9.90 Å². The Morgan fingerprint density at radius 1 is 1.53 bits per heavy atom. The van der Waals surface area contributed by atoms with Gasteiger partial charge in [0.05, 0.1) is 12.6 Å². The third kappa shape index (κ3) is 4.48. The lowest BCUT2D eigenvalue weighted by Crippen LogP contribution is -2.46. The first-order valence-corrected chi connectivity index (χ1v) is 7.66. The Labute approximate surface area is 108 Å². The molecular weight excluding hydrogens is 236 g/mol. The normalized spacial score (nSPS) is 20.2. The zero-order valence-corrected chi connectivity index (χ0v) is 11.4. The van der Waals surface area contributed by atoms with E-state index in [0.29, 0.717) is 13.0 Å². The molecule has 1 aliphatic carbocycles. The molecule has 1 atom stereocenters. The van der Waals surface area contributed by atoms with Crippen LogP contribution in [-0.4, -0.2) is 42.2 Å². The van der Waals surface area contributed by atoms with Crippen molar-refractivity contribution in [3.8, 4) is 0 Å². The lowest BCUT2D eigenvalue weighted by atomic mass is 9.87. The average molecular weight is 260 g/mol. The van der Waals surface area contributed by atoms with Crippen molar-refractivity contribution in [2.45, 2.75) is 38.1 Å². The molecule has 0 bridgehead atoms. The average Bonchev–Trinajstić information content (AvgIpc) is 2.82. The summed E-state index contributed by atoms with van der Waals surface area (Å²) in [6.07, 6.45) is 7.01. The Morgan fingerprint density at radius 3 is 2.71 bits per heavy atom. The largest absolute Gasteiger partial charge is 0.396 e. The number of aliphatic hydroxyl groups excluding tert-OH is 1. The smallest absolute Gasteiger partial charge is 0.236 e. The first-order valence-electron chi connectivity index (χ1n) is 6.27. The third-order valence-electron chi connectivity index (χ3n) is 3.61. The van der Waals surface area contributed by atoms with Gasteiger partial charge < -0.3 is 16.2 Å². The second-order valence-corrected chi connectivity index (χ2v) is 5.96. The molecule has 0 unspecified atom stereocenters. The number of aliphatic hydroxyl groups is 1. The highest BCUT2D eigenvalue weighted by Crippen LogP contribution is 2.36. The maximum Gasteiger partial charge on any atom is 0.236 e. The molecule has 0 aromatic rings. The number of carbonyl (C=O) groups excluding carboxylic acids is 1. The number of hydrogen-bond acceptors (Lipinski definition) is 4. The van der Waals surface area contributed by atoms with Gasteiger partial charge in [0.15, 0.2) is 0 Å². The molecule has 0 aromatic carbocycles. The Bertz CT molecular complexity index is 243. The summed E-state index contributed by atoms with van der Waals surface area (Å²) in [5, 5.41) is 12.3. The molecular formula is C12H24N2O2S. The number of hydrogen-bond donors (Lipinski definition) is 3. The Morgan fingerprint density at radius 2 is 2.18 bits per heavy atom. The molecule has 4 nitrogen and oxygen atoms in total. The number of amides is 1. The maximum absolute atomic E-state index is 11.7. The number of nitrogens with two attached hydrogens (primary N) is 1. The highest BCUT2D eigenvalue weighted by atomic mass is 32.2. The second kappa shape index (κ2) is 7.24. The van der Waals surface area contributed by atoms with Crippen LogP contribution in [-0.2, 0) is 4.79 Å². The summed E-state index contributed by atoms with van der Waals surface area (Å²) in [6, 6.07) is -0.417. The first-order chi connectivity index (χ1) is 8.13. The van der Waals surface area contributed by atoms with Crippen LogP contribution in [0.25, 0.3) is 0 Å². The molecule has 5 heteroatoms. The second-order valence-electron chi connectivity index (χ2n) is 4.97. The van der Waals surface area contributed by atoms with Gasteiger partial charge in [-0.1, -0.05) is 12.8 Å². The van der Waals surface area contributed by atoms with E-state index >= 15 is 0 Å². The lowest BCUT2D eigenvalue weighted by Gasteiger charge is -2.27. The van der Waals surface area contributed by atoms with Crippen LogP contribution in [0, 0.1) is 5.41 Å². The Balaban J connectivity index is 2.31. The molecule has 0 aliphatic heterocycles. The molecule has 1 rings (SSSR count). The van der Waals surface area contributed by atoms with Crippen molar-refractivity contribution >= 4 is 17.7 Å². The summed E-state index contributed by atoms with van der Waals surface area (Å²) in [4.78, 5) is 11.7. The van der Waals surface area contributed by atoms with E-state index in [0.717, 1.165) is 31.4 Å². The van der Waals surface area contributed by atoms with Crippen molar-refractivity contribution in [2.75, 3.05) is 25.2 Å². The van der Waals surface area contributed by atoms with E-state index in [2.05, 4.69) is 5.32 Å². The standard InChI is InChI=1S/C12H24N2O2S/c1-17-7-4-10(13)11(16)14-8-12(9-15)5-2-3-6-12/h10,15H,2-9,13H2,1H3,(H,14,16)/t10-/m0/s1. The van der Waals surface area contributed by atoms with E-state index in [-0.39, 0.29) is 17.9 Å². The van der Waals surface area contributed by atoms with Crippen LogP contribution in [0.5, 0.6) is 0 Å². The third-order valence-corrected chi connectivity index (χ3v) is 4.25. The van der Waals surface area contributed by atoms with Gasteiger partial charge in [0.1, 0.15) is 0 Å². The minimum absolute atomic E-state index is 0.0845. The van der Waals surface area contributed by atoms with Crippen LogP contribution in [0.3, 0.4) is 0 Å². The first kappa shape index (κ1) is 14.8. The van der Waals surface area contributed by atoms with Gasteiger partial charge in [0.25, 0.3) is 0 Å². The van der Waals surface area contributed by atoms with Crippen LogP contribution < -0.4 is 11.1 Å². The molecule has 4 N–H and O–H groups in total. The van der Waals surface area contributed by atoms with Crippen LogP contribution in [0.4, 0.5) is 0 Å². The topological polar surface area (TPSA) is 75.4 Å². The van der Waals surface area contributed by atoms with E-state index < -0.39 is 6.04 Å². The highest BCUT2D eigenvalue weighted by Gasteiger charge is 2.33. The lowest BCUT2D eigenvalue weighted by molar-refractivity contribution is -0.123. The van der Waals surface area contributed by atoms with E-state index in [4.69, 9.17) is 5.73 Å². The molecule has 0 aromatic heterocycles. The number of carbonyl (C=O) groups is 1. The summed E-state index contributed by atoms with van der Waals surface area (Å²) >= 11 is 1.69. The van der Waals surface area contributed by atoms with Crippen LogP contribution in [0.1, 0.15) is 32.1 Å². The van der Waals surface area contributed by atoms with E-state index in [1.807, 2.05) is 6.26 Å². The van der Waals surface area contributed by atoms with Crippen molar-refractivity contribution in [3.63, 3.8) is 0 Å². The van der Waals surface area contributed by atoms with Crippen molar-refractivity contribution in [1.82, 2.24) is 5.32 Å². The molecule has 17 heavy (non-hydrogen) atoms. The van der Waals surface area contributed by atoms with Crippen LogP contribution in [0.15, 0.2) is 0 Å². The van der Waals surface area contributed by atoms with Gasteiger partial charge in [-0.05, 0) is 31.3 Å². The van der Waals surface area contributed by atoms with Crippen molar-refractivity contribution in [2.24, 2.45) is 11.1 Å². The van der Waals surface area contributed by atoms with Gasteiger partial charge in [-0.3, -0.25) is 4.79 Å². The number of rotatable bonds is 7. The summed E-state index contributed by atoms with van der Waals surface area (Å²) in [6.45, 7) is 0.725. The summed E-state index contributed by atoms with van der Waals surface area (Å²) < 4.78 is 0. The summed E-state index contributed by atoms with van der Waals surface area (Å²) in [7, 11) is 0. The molecule has 1 saturated carbocycles. The zero-order valence-electron chi connectivity index (χ0n) is 10.6. The fourth-order valence-corrected chi connectivity index (χ4v) is 2.79. The minimum atomic E-state index is -0.417. The van der Waals surface area contributed by atoms with Gasteiger partial charge in [-0.15, -0.1) is 0 Å². The minimum Gasteiger partial charge on any atom is -0.396 e. The van der Waals surface area contributed by atoms with Crippen molar-refractivity contribution in [1.29, 1.82) is 0 Å². The molecule has 1 aliphatic rings. The van der Waals surface area contributed by atoms with Gasteiger partial charge in [-0.25, -0.2) is 0 Å². The van der Waals surface area contributed by atoms with Gasteiger partial charge in [-0.2, -0.15) is 11.8 Å². The molecule has 1 amide bonds. The molecule has 0 heterocycles. The monoisotopic (exact) mass is 260 g/mol. The zero-order chi connectivity index (χ0) is 12.7. The highest BCUT2D eigenvalue weighted by molar-refractivity contribution is 7.98. The fourth-order valence-electron chi connectivity index (χ4n) is 2.30. The molecule has 0 radical (unpaired) electrons. The Kier molecular flexibility index (Phi) is 6.30. The van der Waals surface area contributed by atoms with Crippen LogP contribution >= 0.6 is 11.8 Å². The quantitative estimate of drug-likeness (QED) is 0.631. The predicted molar refractivity (Wildman–Crippen MR) is 72.0 cm³/mol. The van der Waals surface area contributed by atoms with E-state index in [1.165, 1.54) is 0 Å². The maximum atomic E-state index is 11.7. The summed E-state index contributed by atoms with van der Waals surface area (Å²) in [5.41, 5.74) is 5.70. The number of nitrogens with one attached hydrogen (secondary N) is 1. The van der Waals surface area contributed by atoms with Gasteiger partial charge >= 0.3 is 0 Å². The van der Waals surface area contributed by atoms with E-state index in [9.17, 15) is 9.90 Å². The SMILES string of the molecule is CSCC[C@H](N)C(=O)NCC1(CO)CCCC1. The molecule has 1 fully saturated rings. The molecule has 100 valence electrons. The summed E-state index contributed by atoms with van der Waals surface area (Å²) in [5.74, 6) is 0.818. The molecule has 0 spiro atoms. The van der Waals surface area contributed by atoms with E-state index in [1.54, 1.807) is 11.8 Å². The molecule has 0 saturated heterocycles.